The molecular weight excluding hydrogens is 485 g/mol. The molecular formula is C19H29F3N4O7S. The number of aromatic nitrogens is 2. The van der Waals surface area contributed by atoms with E-state index < -0.39 is 63.6 Å². The maximum absolute atomic E-state index is 12.7. The number of hydrogen-bond acceptors (Lipinski definition) is 9. The average Bonchev–Trinajstić information content (AvgIpc) is 3.10. The van der Waals surface area contributed by atoms with E-state index in [-0.39, 0.29) is 12.3 Å². The first-order chi connectivity index (χ1) is 15.3. The molecule has 0 saturated carbocycles. The fourth-order valence-electron chi connectivity index (χ4n) is 2.38. The van der Waals surface area contributed by atoms with Gasteiger partial charge in [0.05, 0.1) is 0 Å². The highest BCUT2D eigenvalue weighted by Crippen LogP contribution is 2.26. The summed E-state index contributed by atoms with van der Waals surface area (Å²) in [6.45, 7) is 9.21. The van der Waals surface area contributed by atoms with Crippen molar-refractivity contribution in [2.45, 2.75) is 89.5 Å². The van der Waals surface area contributed by atoms with Gasteiger partial charge in [-0.2, -0.15) is 22.6 Å². The molecule has 194 valence electrons. The summed E-state index contributed by atoms with van der Waals surface area (Å²) in [5, 5.41) is 3.64. The van der Waals surface area contributed by atoms with Crippen LogP contribution in [-0.2, 0) is 24.3 Å². The molecule has 1 amide bonds. The van der Waals surface area contributed by atoms with Crippen LogP contribution in [0.3, 0.4) is 0 Å². The van der Waals surface area contributed by atoms with Gasteiger partial charge in [0.1, 0.15) is 17.2 Å². The van der Waals surface area contributed by atoms with E-state index in [1.54, 1.807) is 20.8 Å². The molecule has 1 heterocycles. The summed E-state index contributed by atoms with van der Waals surface area (Å²) in [5.74, 6) is -1.45. The molecule has 0 aliphatic rings. The number of rotatable bonds is 9. The molecule has 0 saturated heterocycles. The first-order valence-electron chi connectivity index (χ1n) is 10.1. The molecule has 1 N–H and O–H groups in total. The van der Waals surface area contributed by atoms with E-state index in [1.807, 2.05) is 0 Å². The van der Waals surface area contributed by atoms with Crippen molar-refractivity contribution in [1.29, 1.82) is 0 Å². The van der Waals surface area contributed by atoms with Crippen molar-refractivity contribution >= 4 is 28.3 Å². The first kappa shape index (κ1) is 29.3. The summed E-state index contributed by atoms with van der Waals surface area (Å²) in [6, 6.07) is -1.06. The lowest BCUT2D eigenvalue weighted by atomic mass is 10.2. The number of alkyl carbamates (subject to hydrolysis) is 1. The topological polar surface area (TPSA) is 150 Å². The second-order valence-electron chi connectivity index (χ2n) is 9.19. The predicted octanol–water partition coefficient (Wildman–Crippen LogP) is 3.48. The summed E-state index contributed by atoms with van der Waals surface area (Å²) in [5.41, 5.74) is -1.97. The van der Waals surface area contributed by atoms with E-state index in [9.17, 15) is 31.2 Å². The average molecular weight is 515 g/mol. The van der Waals surface area contributed by atoms with Gasteiger partial charge < -0.3 is 19.3 Å². The van der Waals surface area contributed by atoms with Gasteiger partial charge in [0.2, 0.25) is 5.89 Å². The summed E-state index contributed by atoms with van der Waals surface area (Å²) in [7, 11) is -4.75. The Morgan fingerprint density at radius 1 is 1.15 bits per heavy atom. The molecule has 0 fully saturated rings. The largest absolute Gasteiger partial charge is 0.459 e. The second-order valence-corrected chi connectivity index (χ2v) is 11.0. The van der Waals surface area contributed by atoms with Crippen molar-refractivity contribution in [3.63, 3.8) is 0 Å². The second kappa shape index (κ2) is 11.1. The molecule has 1 aromatic heterocycles. The van der Waals surface area contributed by atoms with Crippen LogP contribution in [0.25, 0.3) is 0 Å². The standard InChI is InChI=1S/C19H29F3N4O7S/c1-17(2,3)31-15(27)13(7-9-19(20,21)22)34(29,30)25-10-8-12(14-23-11-24-33-14)26-16(28)32-18(4,5)6/h10-13H,7-9H2,1-6H3,(H,26,28)/b25-10+/t12-,13-/m0/s1. The molecule has 15 heteroatoms. The highest BCUT2D eigenvalue weighted by Gasteiger charge is 2.39. The molecule has 2 atom stereocenters. The highest BCUT2D eigenvalue weighted by atomic mass is 32.2. The monoisotopic (exact) mass is 514 g/mol. The Kier molecular flexibility index (Phi) is 9.61. The zero-order valence-corrected chi connectivity index (χ0v) is 20.5. The van der Waals surface area contributed by atoms with Crippen LogP contribution in [0.1, 0.15) is 72.7 Å². The molecule has 11 nitrogen and oxygen atoms in total. The number of ether oxygens (including phenoxy) is 2. The van der Waals surface area contributed by atoms with Gasteiger partial charge in [-0.1, -0.05) is 5.16 Å². The lowest BCUT2D eigenvalue weighted by molar-refractivity contribution is -0.156. The summed E-state index contributed by atoms with van der Waals surface area (Å²) >= 11 is 0. The van der Waals surface area contributed by atoms with Gasteiger partial charge in [-0.15, -0.1) is 0 Å². The molecule has 0 aliphatic heterocycles. The van der Waals surface area contributed by atoms with Crippen molar-refractivity contribution in [3.8, 4) is 0 Å². The van der Waals surface area contributed by atoms with Crippen molar-refractivity contribution < 1.29 is 45.2 Å². The fraction of sp³-hybridized carbons (Fsp3) is 0.737. The van der Waals surface area contributed by atoms with E-state index in [0.717, 1.165) is 12.5 Å². The molecule has 0 aromatic carbocycles. The number of nitrogens with zero attached hydrogens (tertiary/aromatic N) is 3. The fourth-order valence-corrected chi connectivity index (χ4v) is 3.53. The molecule has 1 aromatic rings. The van der Waals surface area contributed by atoms with Gasteiger partial charge in [-0.05, 0) is 48.0 Å². The minimum absolute atomic E-state index is 0.101. The maximum Gasteiger partial charge on any atom is 0.408 e. The predicted molar refractivity (Wildman–Crippen MR) is 113 cm³/mol. The molecule has 0 aliphatic carbocycles. The van der Waals surface area contributed by atoms with Crippen LogP contribution >= 0.6 is 0 Å². The minimum atomic E-state index is -4.75. The number of alkyl halides is 3. The van der Waals surface area contributed by atoms with Gasteiger partial charge in [0.25, 0.3) is 10.0 Å². The third-order valence-electron chi connectivity index (χ3n) is 3.65. The zero-order valence-electron chi connectivity index (χ0n) is 19.7. The Labute approximate surface area is 195 Å². The molecule has 0 spiro atoms. The van der Waals surface area contributed by atoms with Crippen molar-refractivity contribution in [3.05, 3.63) is 12.2 Å². The summed E-state index contributed by atoms with van der Waals surface area (Å²) < 4.78 is 81.7. The normalized spacial score (nSPS) is 15.1. The Hall–Kier alpha value is -2.71. The molecule has 1 rings (SSSR count). The van der Waals surface area contributed by atoms with Gasteiger partial charge in [-0.25, -0.2) is 13.2 Å². The Morgan fingerprint density at radius 2 is 1.74 bits per heavy atom. The van der Waals surface area contributed by atoms with E-state index in [4.69, 9.17) is 14.0 Å². The summed E-state index contributed by atoms with van der Waals surface area (Å²) in [6.07, 6.45) is -6.63. The van der Waals surface area contributed by atoms with Crippen LogP contribution in [0.2, 0.25) is 0 Å². The lowest BCUT2D eigenvalue weighted by Crippen LogP contribution is -2.37. The molecule has 34 heavy (non-hydrogen) atoms. The summed E-state index contributed by atoms with van der Waals surface area (Å²) in [4.78, 5) is 28.2. The van der Waals surface area contributed by atoms with Crippen LogP contribution in [0.15, 0.2) is 15.2 Å². The van der Waals surface area contributed by atoms with Gasteiger partial charge >= 0.3 is 18.2 Å². The zero-order chi connectivity index (χ0) is 26.4. The van der Waals surface area contributed by atoms with E-state index in [1.165, 1.54) is 20.8 Å². The van der Waals surface area contributed by atoms with E-state index in [2.05, 4.69) is 19.9 Å². The SMILES string of the molecule is CC(C)(C)OC(=O)N[C@@H](C/C=N/S(=O)(=O)[C@@H](CCC(F)(F)F)C(=O)OC(C)(C)C)c1ncno1. The van der Waals surface area contributed by atoms with E-state index in [0.29, 0.717) is 0 Å². The smallest absolute Gasteiger partial charge is 0.408 e. The molecule has 0 unspecified atom stereocenters. The third-order valence-corrected chi connectivity index (χ3v) is 5.24. The van der Waals surface area contributed by atoms with Crippen LogP contribution in [0, 0.1) is 0 Å². The number of carbonyl (C=O) groups is 2. The number of sulfonamides is 1. The van der Waals surface area contributed by atoms with Crippen molar-refractivity contribution in [2.24, 2.45) is 4.40 Å². The van der Waals surface area contributed by atoms with Crippen LogP contribution in [0.5, 0.6) is 0 Å². The van der Waals surface area contributed by atoms with Crippen molar-refractivity contribution in [1.82, 2.24) is 15.5 Å². The third kappa shape index (κ3) is 11.4. The first-order valence-corrected chi connectivity index (χ1v) is 11.6. The Balaban J connectivity index is 3.07. The molecule has 0 bridgehead atoms. The van der Waals surface area contributed by atoms with Gasteiger partial charge in [0, 0.05) is 19.1 Å². The number of esters is 1. The lowest BCUT2D eigenvalue weighted by Gasteiger charge is -2.23. The Morgan fingerprint density at radius 3 is 2.21 bits per heavy atom. The Bertz CT molecular complexity index is 950. The van der Waals surface area contributed by atoms with Crippen LogP contribution < -0.4 is 5.32 Å². The minimum Gasteiger partial charge on any atom is -0.459 e. The number of carbonyl (C=O) groups excluding carboxylic acids is 2. The number of halogens is 3. The van der Waals surface area contributed by atoms with Crippen LogP contribution in [-0.4, -0.2) is 59.5 Å². The number of nitrogens with one attached hydrogen (secondary N) is 1. The van der Waals surface area contributed by atoms with E-state index >= 15 is 0 Å². The number of hydrogen-bond donors (Lipinski definition) is 1. The van der Waals surface area contributed by atoms with Gasteiger partial charge in [0.15, 0.2) is 11.6 Å². The quantitative estimate of drug-likeness (QED) is 0.386. The van der Waals surface area contributed by atoms with Crippen LogP contribution in [0.4, 0.5) is 18.0 Å². The maximum atomic E-state index is 12.7. The molecule has 0 radical (unpaired) electrons. The van der Waals surface area contributed by atoms with Gasteiger partial charge in [-0.3, -0.25) is 4.79 Å². The van der Waals surface area contributed by atoms with Crippen molar-refractivity contribution in [2.75, 3.05) is 0 Å². The number of amides is 1. The highest BCUT2D eigenvalue weighted by molar-refractivity contribution is 7.91.